The summed E-state index contributed by atoms with van der Waals surface area (Å²) < 4.78 is 0. The quantitative estimate of drug-likeness (QED) is 0.821. The molecule has 0 amide bonds. The molecule has 0 aromatic heterocycles. The normalized spacial score (nSPS) is 25.2. The summed E-state index contributed by atoms with van der Waals surface area (Å²) in [6.45, 7) is 17.5. The van der Waals surface area contributed by atoms with E-state index in [1.807, 2.05) is 0 Å². The molecule has 1 saturated heterocycles. The van der Waals surface area contributed by atoms with Crippen molar-refractivity contribution in [2.24, 2.45) is 22.5 Å². The predicted octanol–water partition coefficient (Wildman–Crippen LogP) is 3.12. The molecule has 1 aliphatic rings. The second-order valence-corrected chi connectivity index (χ2v) is 7.91. The monoisotopic (exact) mass is 240 g/mol. The van der Waals surface area contributed by atoms with Crippen LogP contribution in [0.15, 0.2) is 0 Å². The van der Waals surface area contributed by atoms with Crippen molar-refractivity contribution in [1.82, 2.24) is 4.90 Å². The lowest BCUT2D eigenvalue weighted by Gasteiger charge is -2.30. The lowest BCUT2D eigenvalue weighted by molar-refractivity contribution is 0.214. The van der Waals surface area contributed by atoms with E-state index in [0.29, 0.717) is 11.5 Å². The highest BCUT2D eigenvalue weighted by atomic mass is 15.1. The Morgan fingerprint density at radius 3 is 2.18 bits per heavy atom. The fourth-order valence-electron chi connectivity index (χ4n) is 2.50. The summed E-state index contributed by atoms with van der Waals surface area (Å²) in [5.74, 6) is 0.855. The Bertz CT molecular complexity index is 234. The van der Waals surface area contributed by atoms with Crippen LogP contribution in [-0.2, 0) is 0 Å². The predicted molar refractivity (Wildman–Crippen MR) is 76.0 cm³/mol. The molecule has 2 unspecified atom stereocenters. The van der Waals surface area contributed by atoms with E-state index in [-0.39, 0.29) is 5.41 Å². The lowest BCUT2D eigenvalue weighted by Crippen LogP contribution is -2.38. The standard InChI is InChI=1S/C15H32N2/c1-14(2,3)12-7-9-17(11-12)10-8-13(16)15(4,5)6/h12-13H,7-11,16H2,1-6H3. The Morgan fingerprint density at radius 1 is 1.18 bits per heavy atom. The highest BCUT2D eigenvalue weighted by Gasteiger charge is 2.32. The van der Waals surface area contributed by atoms with Crippen molar-refractivity contribution in [3.05, 3.63) is 0 Å². The first kappa shape index (κ1) is 15.0. The molecule has 2 heteroatoms. The molecule has 0 spiro atoms. The molecule has 2 nitrogen and oxygen atoms in total. The summed E-state index contributed by atoms with van der Waals surface area (Å²) in [5.41, 5.74) is 6.92. The maximum atomic E-state index is 6.22. The second kappa shape index (κ2) is 5.27. The van der Waals surface area contributed by atoms with E-state index >= 15 is 0 Å². The topological polar surface area (TPSA) is 29.3 Å². The largest absolute Gasteiger partial charge is 0.327 e. The third kappa shape index (κ3) is 4.59. The van der Waals surface area contributed by atoms with Gasteiger partial charge in [0.1, 0.15) is 0 Å². The van der Waals surface area contributed by atoms with Gasteiger partial charge in [-0.1, -0.05) is 41.5 Å². The molecule has 1 rings (SSSR count). The van der Waals surface area contributed by atoms with E-state index in [2.05, 4.69) is 46.4 Å². The van der Waals surface area contributed by atoms with Gasteiger partial charge in [-0.3, -0.25) is 0 Å². The van der Waals surface area contributed by atoms with Gasteiger partial charge < -0.3 is 10.6 Å². The average molecular weight is 240 g/mol. The highest BCUT2D eigenvalue weighted by Crippen LogP contribution is 2.33. The van der Waals surface area contributed by atoms with Crippen molar-refractivity contribution in [2.75, 3.05) is 19.6 Å². The van der Waals surface area contributed by atoms with Crippen LogP contribution in [-0.4, -0.2) is 30.6 Å². The molecule has 0 radical (unpaired) electrons. The van der Waals surface area contributed by atoms with E-state index < -0.39 is 0 Å². The Labute approximate surface area is 108 Å². The Balaban J connectivity index is 2.32. The van der Waals surface area contributed by atoms with Gasteiger partial charge >= 0.3 is 0 Å². The van der Waals surface area contributed by atoms with Crippen LogP contribution in [0.4, 0.5) is 0 Å². The molecule has 102 valence electrons. The molecule has 1 fully saturated rings. The van der Waals surface area contributed by atoms with Gasteiger partial charge in [-0.15, -0.1) is 0 Å². The fourth-order valence-corrected chi connectivity index (χ4v) is 2.50. The maximum absolute atomic E-state index is 6.22. The molecule has 17 heavy (non-hydrogen) atoms. The fraction of sp³-hybridized carbons (Fsp3) is 1.00. The first-order valence-electron chi connectivity index (χ1n) is 7.08. The molecule has 0 aliphatic carbocycles. The second-order valence-electron chi connectivity index (χ2n) is 7.91. The lowest BCUT2D eigenvalue weighted by atomic mass is 9.80. The van der Waals surface area contributed by atoms with Gasteiger partial charge in [0.2, 0.25) is 0 Å². The minimum Gasteiger partial charge on any atom is -0.327 e. The first-order chi connectivity index (χ1) is 7.60. The summed E-state index contributed by atoms with van der Waals surface area (Å²) in [4.78, 5) is 2.60. The highest BCUT2D eigenvalue weighted by molar-refractivity contribution is 4.85. The summed E-state index contributed by atoms with van der Waals surface area (Å²) in [6.07, 6.45) is 2.48. The summed E-state index contributed by atoms with van der Waals surface area (Å²) >= 11 is 0. The van der Waals surface area contributed by atoms with E-state index in [0.717, 1.165) is 12.3 Å². The van der Waals surface area contributed by atoms with Gasteiger partial charge in [0.25, 0.3) is 0 Å². The van der Waals surface area contributed by atoms with Crippen molar-refractivity contribution in [1.29, 1.82) is 0 Å². The molecule has 0 saturated carbocycles. The summed E-state index contributed by atoms with van der Waals surface area (Å²) in [7, 11) is 0. The molecule has 1 heterocycles. The van der Waals surface area contributed by atoms with Crippen molar-refractivity contribution >= 4 is 0 Å². The third-order valence-electron chi connectivity index (χ3n) is 4.37. The van der Waals surface area contributed by atoms with Crippen molar-refractivity contribution in [3.63, 3.8) is 0 Å². The Morgan fingerprint density at radius 2 is 1.76 bits per heavy atom. The first-order valence-corrected chi connectivity index (χ1v) is 7.08. The van der Waals surface area contributed by atoms with Crippen molar-refractivity contribution in [3.8, 4) is 0 Å². The van der Waals surface area contributed by atoms with Crippen molar-refractivity contribution < 1.29 is 0 Å². The van der Waals surface area contributed by atoms with Gasteiger partial charge in [0.05, 0.1) is 0 Å². The molecule has 0 aromatic carbocycles. The molecule has 1 aliphatic heterocycles. The van der Waals surface area contributed by atoms with Crippen molar-refractivity contribution in [2.45, 2.75) is 60.4 Å². The van der Waals surface area contributed by atoms with Crippen LogP contribution >= 0.6 is 0 Å². The van der Waals surface area contributed by atoms with E-state index in [1.54, 1.807) is 0 Å². The smallest absolute Gasteiger partial charge is 0.00998 e. The number of nitrogens with zero attached hydrogens (tertiary/aromatic N) is 1. The maximum Gasteiger partial charge on any atom is 0.00998 e. The van der Waals surface area contributed by atoms with Crippen LogP contribution in [0, 0.1) is 16.7 Å². The van der Waals surface area contributed by atoms with Crippen LogP contribution in [0.2, 0.25) is 0 Å². The van der Waals surface area contributed by atoms with Crippen LogP contribution in [0.3, 0.4) is 0 Å². The average Bonchev–Trinajstić information content (AvgIpc) is 2.59. The van der Waals surface area contributed by atoms with Crippen LogP contribution < -0.4 is 5.73 Å². The minimum absolute atomic E-state index is 0.239. The zero-order chi connectivity index (χ0) is 13.3. The van der Waals surface area contributed by atoms with Gasteiger partial charge in [-0.25, -0.2) is 0 Å². The van der Waals surface area contributed by atoms with E-state index in [1.165, 1.54) is 26.1 Å². The summed E-state index contributed by atoms with van der Waals surface area (Å²) in [6, 6.07) is 0.316. The number of hydrogen-bond donors (Lipinski definition) is 1. The molecule has 0 aromatic rings. The van der Waals surface area contributed by atoms with E-state index in [4.69, 9.17) is 5.73 Å². The third-order valence-corrected chi connectivity index (χ3v) is 4.37. The number of nitrogens with two attached hydrogens (primary N) is 1. The number of hydrogen-bond acceptors (Lipinski definition) is 2. The zero-order valence-corrected chi connectivity index (χ0v) is 12.7. The summed E-state index contributed by atoms with van der Waals surface area (Å²) in [5, 5.41) is 0. The van der Waals surface area contributed by atoms with Crippen LogP contribution in [0.25, 0.3) is 0 Å². The molecule has 0 bridgehead atoms. The molecular weight excluding hydrogens is 208 g/mol. The molecular formula is C15H32N2. The van der Waals surface area contributed by atoms with E-state index in [9.17, 15) is 0 Å². The van der Waals surface area contributed by atoms with Crippen LogP contribution in [0.5, 0.6) is 0 Å². The molecule has 2 atom stereocenters. The van der Waals surface area contributed by atoms with Gasteiger partial charge in [0.15, 0.2) is 0 Å². The zero-order valence-electron chi connectivity index (χ0n) is 12.7. The van der Waals surface area contributed by atoms with Crippen LogP contribution in [0.1, 0.15) is 54.4 Å². The molecule has 2 N–H and O–H groups in total. The Kier molecular flexibility index (Phi) is 4.65. The minimum atomic E-state index is 0.239. The SMILES string of the molecule is CC(C)(C)C(N)CCN1CCC(C(C)(C)C)C1. The number of likely N-dealkylation sites (tertiary alicyclic amines) is 1. The van der Waals surface area contributed by atoms with Gasteiger partial charge in [0, 0.05) is 12.6 Å². The van der Waals surface area contributed by atoms with Gasteiger partial charge in [-0.2, -0.15) is 0 Å². The number of rotatable bonds is 3. The van der Waals surface area contributed by atoms with Gasteiger partial charge in [-0.05, 0) is 42.7 Å². The Hall–Kier alpha value is -0.0800.